The molecule has 0 bridgehead atoms. The molecule has 7 heteroatoms. The van der Waals surface area contributed by atoms with Crippen LogP contribution >= 0.6 is 0 Å². The molecular formula is C28H26O7. The number of rotatable bonds is 10. The van der Waals surface area contributed by atoms with E-state index in [4.69, 9.17) is 18.9 Å². The first-order chi connectivity index (χ1) is 16.9. The zero-order chi connectivity index (χ0) is 25.2. The van der Waals surface area contributed by atoms with Crippen LogP contribution in [0.25, 0.3) is 0 Å². The quantitative estimate of drug-likeness (QED) is 0.175. The second kappa shape index (κ2) is 12.2. The lowest BCUT2D eigenvalue weighted by Crippen LogP contribution is -2.12. The van der Waals surface area contributed by atoms with Gasteiger partial charge >= 0.3 is 17.9 Å². The molecule has 0 unspecified atom stereocenters. The summed E-state index contributed by atoms with van der Waals surface area (Å²) in [5, 5.41) is 0. The molecule has 3 aromatic carbocycles. The Morgan fingerprint density at radius 3 is 1.94 bits per heavy atom. The first-order valence-corrected chi connectivity index (χ1v) is 11.1. The predicted molar refractivity (Wildman–Crippen MR) is 130 cm³/mol. The van der Waals surface area contributed by atoms with Gasteiger partial charge in [0.1, 0.15) is 30.5 Å². The molecule has 0 aliphatic heterocycles. The van der Waals surface area contributed by atoms with Crippen LogP contribution in [0, 0.1) is 6.92 Å². The van der Waals surface area contributed by atoms with Crippen LogP contribution in [0.2, 0.25) is 0 Å². The monoisotopic (exact) mass is 474 g/mol. The van der Waals surface area contributed by atoms with Gasteiger partial charge < -0.3 is 18.9 Å². The van der Waals surface area contributed by atoms with Crippen LogP contribution in [-0.4, -0.2) is 31.1 Å². The van der Waals surface area contributed by atoms with Crippen LogP contribution in [0.1, 0.15) is 38.8 Å². The molecule has 180 valence electrons. The smallest absolute Gasteiger partial charge is 0.343 e. The maximum atomic E-state index is 12.5. The summed E-state index contributed by atoms with van der Waals surface area (Å²) in [4.78, 5) is 35.9. The summed E-state index contributed by atoms with van der Waals surface area (Å²) in [6, 6.07) is 18.3. The van der Waals surface area contributed by atoms with Gasteiger partial charge in [-0.1, -0.05) is 25.6 Å². The molecule has 0 saturated carbocycles. The van der Waals surface area contributed by atoms with Crippen LogP contribution in [0.15, 0.2) is 79.4 Å². The third-order valence-corrected chi connectivity index (χ3v) is 5.01. The average Bonchev–Trinajstić information content (AvgIpc) is 2.87. The fourth-order valence-corrected chi connectivity index (χ4v) is 3.08. The van der Waals surface area contributed by atoms with Crippen molar-refractivity contribution in [3.63, 3.8) is 0 Å². The third kappa shape index (κ3) is 7.30. The molecule has 3 rings (SSSR count). The molecule has 7 nitrogen and oxygen atoms in total. The van der Waals surface area contributed by atoms with E-state index in [9.17, 15) is 14.4 Å². The van der Waals surface area contributed by atoms with Crippen LogP contribution in [0.4, 0.5) is 0 Å². The van der Waals surface area contributed by atoms with Crippen molar-refractivity contribution in [3.8, 4) is 17.2 Å². The zero-order valence-electron chi connectivity index (χ0n) is 19.6. The van der Waals surface area contributed by atoms with Crippen LogP contribution in [-0.2, 0) is 16.0 Å². The standard InChI is InChI=1S/C28H26O7/c1-4-20-6-11-23(12-7-20)34-27(30)21-8-13-24(14-9-21)35-28(31)22-10-15-25(19(3)18-22)32-16-17-33-26(29)5-2/h5-15,18H,2,4,16-17H2,1,3H3. The van der Waals surface area contributed by atoms with E-state index in [1.807, 2.05) is 12.1 Å². The third-order valence-electron chi connectivity index (χ3n) is 5.01. The van der Waals surface area contributed by atoms with Crippen molar-refractivity contribution in [1.29, 1.82) is 0 Å². The van der Waals surface area contributed by atoms with Crippen molar-refractivity contribution < 1.29 is 33.3 Å². The normalized spacial score (nSPS) is 10.2. The zero-order valence-corrected chi connectivity index (χ0v) is 19.6. The average molecular weight is 475 g/mol. The lowest BCUT2D eigenvalue weighted by Gasteiger charge is -2.11. The highest BCUT2D eigenvalue weighted by atomic mass is 16.6. The summed E-state index contributed by atoms with van der Waals surface area (Å²) in [6.45, 7) is 7.42. The van der Waals surface area contributed by atoms with Gasteiger partial charge in [0.15, 0.2) is 0 Å². The Balaban J connectivity index is 1.54. The van der Waals surface area contributed by atoms with Gasteiger partial charge in [0.25, 0.3) is 0 Å². The van der Waals surface area contributed by atoms with Gasteiger partial charge in [0.2, 0.25) is 0 Å². The van der Waals surface area contributed by atoms with Gasteiger partial charge in [-0.25, -0.2) is 14.4 Å². The molecule has 3 aromatic rings. The second-order valence-corrected chi connectivity index (χ2v) is 7.50. The Kier molecular flexibility index (Phi) is 8.78. The summed E-state index contributed by atoms with van der Waals surface area (Å²) in [6.07, 6.45) is 1.98. The number of ether oxygens (including phenoxy) is 4. The van der Waals surface area contributed by atoms with Crippen molar-refractivity contribution >= 4 is 17.9 Å². The van der Waals surface area contributed by atoms with Gasteiger partial charge in [-0.3, -0.25) is 0 Å². The van der Waals surface area contributed by atoms with Crippen molar-refractivity contribution in [1.82, 2.24) is 0 Å². The number of carbonyl (C=O) groups excluding carboxylic acids is 3. The van der Waals surface area contributed by atoms with Crippen LogP contribution in [0.3, 0.4) is 0 Å². The Morgan fingerprint density at radius 1 is 0.800 bits per heavy atom. The van der Waals surface area contributed by atoms with E-state index in [2.05, 4.69) is 13.5 Å². The number of carbonyl (C=O) groups is 3. The summed E-state index contributed by atoms with van der Waals surface area (Å²) in [5.74, 6) is -0.258. The molecule has 35 heavy (non-hydrogen) atoms. The highest BCUT2D eigenvalue weighted by Crippen LogP contribution is 2.21. The number of hydrogen-bond acceptors (Lipinski definition) is 7. The molecule has 0 atom stereocenters. The van der Waals surface area contributed by atoms with E-state index in [1.165, 1.54) is 24.3 Å². The molecule has 0 amide bonds. The first-order valence-electron chi connectivity index (χ1n) is 11.1. The van der Waals surface area contributed by atoms with Crippen molar-refractivity contribution in [2.45, 2.75) is 20.3 Å². The predicted octanol–water partition coefficient (Wildman–Crippen LogP) is 5.10. The molecule has 0 saturated heterocycles. The van der Waals surface area contributed by atoms with E-state index in [-0.39, 0.29) is 13.2 Å². The van der Waals surface area contributed by atoms with E-state index >= 15 is 0 Å². The lowest BCUT2D eigenvalue weighted by atomic mass is 10.1. The summed E-state index contributed by atoms with van der Waals surface area (Å²) >= 11 is 0. The molecular weight excluding hydrogens is 448 g/mol. The van der Waals surface area contributed by atoms with Crippen LogP contribution < -0.4 is 14.2 Å². The summed E-state index contributed by atoms with van der Waals surface area (Å²) in [5.41, 5.74) is 2.55. The molecule has 0 aliphatic carbocycles. The van der Waals surface area contributed by atoms with Crippen molar-refractivity contribution in [3.05, 3.63) is 102 Å². The summed E-state index contributed by atoms with van der Waals surface area (Å²) < 4.78 is 21.2. The van der Waals surface area contributed by atoms with E-state index in [0.717, 1.165) is 23.6 Å². The molecule has 0 aliphatic rings. The SMILES string of the molecule is C=CC(=O)OCCOc1ccc(C(=O)Oc2ccc(C(=O)Oc3ccc(CC)cc3)cc2)cc1C. The summed E-state index contributed by atoms with van der Waals surface area (Å²) in [7, 11) is 0. The first kappa shape index (κ1) is 25.2. The van der Waals surface area contributed by atoms with Gasteiger partial charge in [0, 0.05) is 6.08 Å². The van der Waals surface area contributed by atoms with E-state index < -0.39 is 17.9 Å². The largest absolute Gasteiger partial charge is 0.490 e. The fraction of sp³-hybridized carbons (Fsp3) is 0.179. The van der Waals surface area contributed by atoms with E-state index in [1.54, 1.807) is 37.3 Å². The van der Waals surface area contributed by atoms with Gasteiger partial charge in [0.05, 0.1) is 11.1 Å². The molecule has 0 fully saturated rings. The molecule has 0 radical (unpaired) electrons. The molecule has 0 N–H and O–H groups in total. The fourth-order valence-electron chi connectivity index (χ4n) is 3.08. The molecule has 0 aromatic heterocycles. The number of benzene rings is 3. The minimum Gasteiger partial charge on any atom is -0.490 e. The number of hydrogen-bond donors (Lipinski definition) is 0. The Bertz CT molecular complexity index is 1190. The Labute approximate surface area is 203 Å². The van der Waals surface area contributed by atoms with E-state index in [0.29, 0.717) is 28.4 Å². The molecule has 0 spiro atoms. The minimum absolute atomic E-state index is 0.0861. The highest BCUT2D eigenvalue weighted by molar-refractivity contribution is 5.93. The molecule has 0 heterocycles. The van der Waals surface area contributed by atoms with Crippen LogP contribution in [0.5, 0.6) is 17.2 Å². The Hall–Kier alpha value is -4.39. The maximum Gasteiger partial charge on any atom is 0.343 e. The van der Waals surface area contributed by atoms with Gasteiger partial charge in [-0.05, 0) is 79.1 Å². The van der Waals surface area contributed by atoms with Crippen molar-refractivity contribution in [2.75, 3.05) is 13.2 Å². The topological polar surface area (TPSA) is 88.1 Å². The number of aryl methyl sites for hydroxylation is 2. The van der Waals surface area contributed by atoms with Gasteiger partial charge in [-0.15, -0.1) is 0 Å². The van der Waals surface area contributed by atoms with Gasteiger partial charge in [-0.2, -0.15) is 0 Å². The Morgan fingerprint density at radius 2 is 1.37 bits per heavy atom. The lowest BCUT2D eigenvalue weighted by molar-refractivity contribution is -0.138. The number of esters is 3. The van der Waals surface area contributed by atoms with Crippen molar-refractivity contribution in [2.24, 2.45) is 0 Å². The highest BCUT2D eigenvalue weighted by Gasteiger charge is 2.13. The second-order valence-electron chi connectivity index (χ2n) is 7.50. The minimum atomic E-state index is -0.550. The maximum absolute atomic E-state index is 12.5.